The fourth-order valence-corrected chi connectivity index (χ4v) is 1.09. The summed E-state index contributed by atoms with van der Waals surface area (Å²) in [4.78, 5) is 36.0. The van der Waals surface area contributed by atoms with Crippen molar-refractivity contribution in [3.63, 3.8) is 0 Å². The van der Waals surface area contributed by atoms with Crippen molar-refractivity contribution >= 4 is 18.2 Å². The van der Waals surface area contributed by atoms with Gasteiger partial charge in [-0.05, 0) is 19.1 Å². The van der Waals surface area contributed by atoms with E-state index in [9.17, 15) is 14.4 Å². The zero-order valence-electron chi connectivity index (χ0n) is 9.10. The van der Waals surface area contributed by atoms with Crippen molar-refractivity contribution in [1.82, 2.24) is 10.3 Å². The molecule has 17 heavy (non-hydrogen) atoms. The summed E-state index contributed by atoms with van der Waals surface area (Å²) in [6.45, 7) is 1.30. The highest BCUT2D eigenvalue weighted by Crippen LogP contribution is 2.14. The molecule has 90 valence electrons. The van der Waals surface area contributed by atoms with E-state index in [2.05, 4.69) is 4.98 Å². The summed E-state index contributed by atoms with van der Waals surface area (Å²) in [5.74, 6) is -0.528. The molecule has 7 heteroatoms. The zero-order valence-corrected chi connectivity index (χ0v) is 9.10. The highest BCUT2D eigenvalue weighted by atomic mass is 16.5. The number of rotatable bonds is 4. The van der Waals surface area contributed by atoms with Crippen LogP contribution in [0.4, 0.5) is 4.79 Å². The number of carbonyl (C=O) groups is 3. The largest absolute Gasteiger partial charge is 0.481 e. The Morgan fingerprint density at radius 2 is 2.24 bits per heavy atom. The predicted molar refractivity (Wildman–Crippen MR) is 57.6 cm³/mol. The molecule has 0 saturated heterocycles. The highest BCUT2D eigenvalue weighted by Gasteiger charge is 2.09. The van der Waals surface area contributed by atoms with Gasteiger partial charge in [-0.3, -0.25) is 14.9 Å². The number of nitrogens with zero attached hydrogens (tertiary/aromatic N) is 1. The first kappa shape index (κ1) is 12.6. The van der Waals surface area contributed by atoms with E-state index in [4.69, 9.17) is 10.5 Å². The molecular weight excluding hydrogens is 226 g/mol. The van der Waals surface area contributed by atoms with Crippen LogP contribution < -0.4 is 15.8 Å². The average molecular weight is 237 g/mol. The molecule has 0 atom stereocenters. The lowest BCUT2D eigenvalue weighted by atomic mass is 10.3. The van der Waals surface area contributed by atoms with E-state index < -0.39 is 18.5 Å². The summed E-state index contributed by atoms with van der Waals surface area (Å²) in [6, 6.07) is 2.19. The molecular formula is C10H11N3O4. The van der Waals surface area contributed by atoms with Crippen LogP contribution in [0.2, 0.25) is 0 Å². The quantitative estimate of drug-likeness (QED) is 0.703. The number of nitrogens with one attached hydrogen (secondary N) is 1. The Bertz CT molecular complexity index is 459. The molecule has 7 nitrogen and oxygen atoms in total. The number of nitrogens with two attached hydrogens (primary N) is 1. The summed E-state index contributed by atoms with van der Waals surface area (Å²) in [6.07, 6.45) is 0.522. The third-order valence-electron chi connectivity index (χ3n) is 1.76. The predicted octanol–water partition coefficient (Wildman–Crippen LogP) is -0.224. The lowest BCUT2D eigenvalue weighted by Crippen LogP contribution is -2.38. The monoisotopic (exact) mass is 237 g/mol. The second-order valence-electron chi connectivity index (χ2n) is 3.15. The molecule has 3 amide bonds. The van der Waals surface area contributed by atoms with Crippen molar-refractivity contribution in [2.45, 2.75) is 6.92 Å². The van der Waals surface area contributed by atoms with Gasteiger partial charge < -0.3 is 10.5 Å². The van der Waals surface area contributed by atoms with E-state index in [0.717, 1.165) is 0 Å². The van der Waals surface area contributed by atoms with Gasteiger partial charge in [-0.2, -0.15) is 0 Å². The minimum Gasteiger partial charge on any atom is -0.481 e. The van der Waals surface area contributed by atoms with E-state index in [-0.39, 0.29) is 11.4 Å². The number of urea groups is 1. The van der Waals surface area contributed by atoms with Crippen molar-refractivity contribution in [1.29, 1.82) is 0 Å². The Kier molecular flexibility index (Phi) is 4.15. The van der Waals surface area contributed by atoms with E-state index in [1.807, 2.05) is 5.32 Å². The Morgan fingerprint density at radius 3 is 2.82 bits per heavy atom. The van der Waals surface area contributed by atoms with E-state index >= 15 is 0 Å². The number of hydrogen-bond donors (Lipinski definition) is 2. The molecule has 1 aromatic rings. The topological polar surface area (TPSA) is 111 Å². The van der Waals surface area contributed by atoms with Gasteiger partial charge in [0.25, 0.3) is 5.91 Å². The second kappa shape index (κ2) is 5.59. The first-order chi connectivity index (χ1) is 8.02. The Morgan fingerprint density at radius 1 is 1.53 bits per heavy atom. The standard InChI is InChI=1S/C10H11N3O4/c1-6-2-3-8(7(4-14)12-6)17-5-9(15)13-10(11)16/h2-4H,5H2,1H3,(H3,11,13,15,16). The van der Waals surface area contributed by atoms with Crippen molar-refractivity contribution in [2.75, 3.05) is 6.61 Å². The normalized spacial score (nSPS) is 9.47. The lowest BCUT2D eigenvalue weighted by molar-refractivity contribution is -0.121. The minimum absolute atomic E-state index is 0.0943. The average Bonchev–Trinajstić information content (AvgIpc) is 2.26. The summed E-state index contributed by atoms with van der Waals surface area (Å²) in [5, 5.41) is 1.83. The van der Waals surface area contributed by atoms with E-state index in [0.29, 0.717) is 12.0 Å². The third-order valence-corrected chi connectivity index (χ3v) is 1.76. The fraction of sp³-hybridized carbons (Fsp3) is 0.200. The highest BCUT2D eigenvalue weighted by molar-refractivity contribution is 5.94. The van der Waals surface area contributed by atoms with Crippen LogP contribution in [0.3, 0.4) is 0 Å². The van der Waals surface area contributed by atoms with Gasteiger partial charge in [0.2, 0.25) is 0 Å². The number of primary amides is 1. The molecule has 0 aliphatic carbocycles. The van der Waals surface area contributed by atoms with Crippen LogP contribution in [0.1, 0.15) is 16.2 Å². The number of aryl methyl sites for hydroxylation is 1. The molecule has 1 aromatic heterocycles. The maximum Gasteiger partial charge on any atom is 0.318 e. The molecule has 1 rings (SSSR count). The molecule has 0 aliphatic heterocycles. The number of hydrogen-bond acceptors (Lipinski definition) is 5. The van der Waals surface area contributed by atoms with Crippen molar-refractivity contribution in [2.24, 2.45) is 5.73 Å². The van der Waals surface area contributed by atoms with Gasteiger partial charge in [0.05, 0.1) is 0 Å². The molecule has 0 saturated carbocycles. The Balaban J connectivity index is 2.66. The van der Waals surface area contributed by atoms with Gasteiger partial charge in [-0.1, -0.05) is 0 Å². The van der Waals surface area contributed by atoms with Gasteiger partial charge in [-0.15, -0.1) is 0 Å². The van der Waals surface area contributed by atoms with Crippen molar-refractivity contribution in [3.8, 4) is 5.75 Å². The SMILES string of the molecule is Cc1ccc(OCC(=O)NC(N)=O)c(C=O)n1. The van der Waals surface area contributed by atoms with E-state index in [1.165, 1.54) is 6.07 Å². The molecule has 0 fully saturated rings. The molecule has 0 aromatic carbocycles. The van der Waals surface area contributed by atoms with Crippen LogP contribution in [0, 0.1) is 6.92 Å². The smallest absolute Gasteiger partial charge is 0.318 e. The van der Waals surface area contributed by atoms with Gasteiger partial charge in [0.15, 0.2) is 12.9 Å². The molecule has 0 radical (unpaired) electrons. The Hall–Kier alpha value is -2.44. The van der Waals surface area contributed by atoms with Crippen LogP contribution in [0.15, 0.2) is 12.1 Å². The van der Waals surface area contributed by atoms with Crippen LogP contribution in [-0.2, 0) is 4.79 Å². The number of carbonyl (C=O) groups excluding carboxylic acids is 3. The first-order valence-electron chi connectivity index (χ1n) is 4.68. The van der Waals surface area contributed by atoms with Gasteiger partial charge in [-0.25, -0.2) is 9.78 Å². The maximum absolute atomic E-state index is 11.0. The Labute approximate surface area is 97.0 Å². The minimum atomic E-state index is -0.962. The number of amides is 3. The summed E-state index contributed by atoms with van der Waals surface area (Å²) >= 11 is 0. The second-order valence-corrected chi connectivity index (χ2v) is 3.15. The van der Waals surface area contributed by atoms with Gasteiger partial charge >= 0.3 is 6.03 Å². The number of aromatic nitrogens is 1. The number of pyridine rings is 1. The summed E-state index contributed by atoms with van der Waals surface area (Å²) < 4.78 is 5.03. The van der Waals surface area contributed by atoms with Crippen LogP contribution in [0.5, 0.6) is 5.75 Å². The van der Waals surface area contributed by atoms with Crippen molar-refractivity contribution in [3.05, 3.63) is 23.5 Å². The number of ether oxygens (including phenoxy) is 1. The zero-order chi connectivity index (χ0) is 12.8. The fourth-order valence-electron chi connectivity index (χ4n) is 1.09. The number of imide groups is 1. The molecule has 0 bridgehead atoms. The molecule has 3 N–H and O–H groups in total. The van der Waals surface area contributed by atoms with Crippen LogP contribution >= 0.6 is 0 Å². The van der Waals surface area contributed by atoms with Crippen LogP contribution in [0.25, 0.3) is 0 Å². The first-order valence-corrected chi connectivity index (χ1v) is 4.68. The van der Waals surface area contributed by atoms with E-state index in [1.54, 1.807) is 13.0 Å². The molecule has 0 aliphatic rings. The lowest BCUT2D eigenvalue weighted by Gasteiger charge is -2.07. The number of aldehydes is 1. The molecule has 1 heterocycles. The van der Waals surface area contributed by atoms with Crippen LogP contribution in [-0.4, -0.2) is 29.8 Å². The summed E-state index contributed by atoms with van der Waals surface area (Å²) in [7, 11) is 0. The van der Waals surface area contributed by atoms with Crippen molar-refractivity contribution < 1.29 is 19.1 Å². The maximum atomic E-state index is 11.0. The third kappa shape index (κ3) is 3.90. The van der Waals surface area contributed by atoms with Gasteiger partial charge in [0, 0.05) is 5.69 Å². The van der Waals surface area contributed by atoms with Gasteiger partial charge in [0.1, 0.15) is 11.4 Å². The molecule has 0 spiro atoms. The summed E-state index contributed by atoms with van der Waals surface area (Å²) in [5.41, 5.74) is 5.49. The molecule has 0 unspecified atom stereocenters.